The van der Waals surface area contributed by atoms with Crippen LogP contribution < -0.4 is 10.0 Å². The minimum Gasteiger partial charge on any atom is -0.384 e. The molecule has 0 aromatic heterocycles. The number of sulfonamides is 1. The summed E-state index contributed by atoms with van der Waals surface area (Å²) in [6.45, 7) is 2.62. The van der Waals surface area contributed by atoms with Gasteiger partial charge in [-0.1, -0.05) is 0 Å². The summed E-state index contributed by atoms with van der Waals surface area (Å²) in [5.41, 5.74) is 0. The molecule has 96 valence electrons. The number of unbranched alkanes of at least 4 members (excludes halogenated alkanes) is 1. The van der Waals surface area contributed by atoms with Crippen LogP contribution in [-0.2, 0) is 19.6 Å². The fourth-order valence-corrected chi connectivity index (χ4v) is 1.99. The molecular weight excluding hydrogens is 232 g/mol. The van der Waals surface area contributed by atoms with Crippen LogP contribution in [0.3, 0.4) is 0 Å². The zero-order valence-electron chi connectivity index (χ0n) is 9.78. The fourth-order valence-electron chi connectivity index (χ4n) is 1.01. The van der Waals surface area contributed by atoms with Gasteiger partial charge >= 0.3 is 0 Å². The lowest BCUT2D eigenvalue weighted by molar-refractivity contribution is -0.118. The van der Waals surface area contributed by atoms with Crippen LogP contribution in [-0.4, -0.2) is 46.9 Å². The van der Waals surface area contributed by atoms with Crippen molar-refractivity contribution in [1.82, 2.24) is 10.0 Å². The third kappa shape index (κ3) is 9.88. The Bertz CT molecular complexity index is 290. The van der Waals surface area contributed by atoms with Crippen LogP contribution in [0, 0.1) is 0 Å². The Hall–Kier alpha value is -0.660. The number of amides is 1. The van der Waals surface area contributed by atoms with E-state index >= 15 is 0 Å². The Labute approximate surface area is 96.8 Å². The topological polar surface area (TPSA) is 84.5 Å². The zero-order chi connectivity index (χ0) is 12.4. The highest BCUT2D eigenvalue weighted by molar-refractivity contribution is 7.89. The van der Waals surface area contributed by atoms with Crippen LogP contribution in [0.2, 0.25) is 0 Å². The molecule has 0 aliphatic rings. The van der Waals surface area contributed by atoms with Crippen molar-refractivity contribution < 1.29 is 17.9 Å². The molecule has 0 aliphatic carbocycles. The summed E-state index contributed by atoms with van der Waals surface area (Å²) in [6.07, 6.45) is 1.46. The van der Waals surface area contributed by atoms with Gasteiger partial charge in [-0.3, -0.25) is 4.79 Å². The first-order valence-electron chi connectivity index (χ1n) is 5.18. The highest BCUT2D eigenvalue weighted by Gasteiger charge is 2.07. The number of carbonyl (C=O) groups excluding carboxylic acids is 1. The lowest BCUT2D eigenvalue weighted by Crippen LogP contribution is -2.29. The highest BCUT2D eigenvalue weighted by atomic mass is 32.2. The number of carbonyl (C=O) groups is 1. The van der Waals surface area contributed by atoms with Gasteiger partial charge in [0.25, 0.3) is 0 Å². The van der Waals surface area contributed by atoms with Crippen molar-refractivity contribution in [3.8, 4) is 0 Å². The monoisotopic (exact) mass is 252 g/mol. The number of nitrogens with one attached hydrogen (secondary N) is 2. The Kier molecular flexibility index (Phi) is 8.14. The van der Waals surface area contributed by atoms with Crippen LogP contribution in [0.25, 0.3) is 0 Å². The fraction of sp³-hybridized carbons (Fsp3) is 0.889. The molecule has 0 rings (SSSR count). The SMILES string of the molecule is COCCS(=O)(=O)NCCCCNC(C)=O. The first-order chi connectivity index (χ1) is 7.48. The Balaban J connectivity index is 3.47. The summed E-state index contributed by atoms with van der Waals surface area (Å²) in [7, 11) is -1.75. The van der Waals surface area contributed by atoms with Crippen LogP contribution in [0.15, 0.2) is 0 Å². The number of ether oxygens (including phenoxy) is 1. The molecule has 0 atom stereocenters. The second-order valence-electron chi connectivity index (χ2n) is 3.40. The summed E-state index contributed by atoms with van der Waals surface area (Å²) >= 11 is 0. The molecule has 0 aromatic carbocycles. The minimum absolute atomic E-state index is 0.0187. The molecule has 0 bridgehead atoms. The van der Waals surface area contributed by atoms with Crippen LogP contribution in [0.4, 0.5) is 0 Å². The van der Waals surface area contributed by atoms with Crippen molar-refractivity contribution in [3.63, 3.8) is 0 Å². The van der Waals surface area contributed by atoms with E-state index in [1.165, 1.54) is 14.0 Å². The van der Waals surface area contributed by atoms with E-state index in [1.54, 1.807) is 0 Å². The quantitative estimate of drug-likeness (QED) is 0.540. The van der Waals surface area contributed by atoms with Gasteiger partial charge in [-0.25, -0.2) is 13.1 Å². The molecule has 0 saturated carbocycles. The maximum Gasteiger partial charge on any atom is 0.216 e. The van der Waals surface area contributed by atoms with E-state index in [4.69, 9.17) is 0 Å². The van der Waals surface area contributed by atoms with Gasteiger partial charge in [-0.05, 0) is 12.8 Å². The average Bonchev–Trinajstić information content (AvgIpc) is 2.20. The van der Waals surface area contributed by atoms with Gasteiger partial charge < -0.3 is 10.1 Å². The second kappa shape index (κ2) is 8.49. The lowest BCUT2D eigenvalue weighted by atomic mass is 10.3. The van der Waals surface area contributed by atoms with Gasteiger partial charge in [0.1, 0.15) is 0 Å². The summed E-state index contributed by atoms with van der Waals surface area (Å²) in [4.78, 5) is 10.5. The van der Waals surface area contributed by atoms with E-state index < -0.39 is 10.0 Å². The normalized spacial score (nSPS) is 11.4. The van der Waals surface area contributed by atoms with Crippen molar-refractivity contribution in [2.75, 3.05) is 32.6 Å². The van der Waals surface area contributed by atoms with Gasteiger partial charge in [0.05, 0.1) is 12.4 Å². The summed E-state index contributed by atoms with van der Waals surface area (Å²) in [5.74, 6) is -0.0875. The van der Waals surface area contributed by atoms with Crippen LogP contribution in [0.5, 0.6) is 0 Å². The average molecular weight is 252 g/mol. The molecule has 16 heavy (non-hydrogen) atoms. The number of rotatable bonds is 9. The maximum absolute atomic E-state index is 11.3. The number of hydrogen-bond donors (Lipinski definition) is 2. The van der Waals surface area contributed by atoms with Crippen molar-refractivity contribution in [2.24, 2.45) is 0 Å². The third-order valence-electron chi connectivity index (χ3n) is 1.86. The molecule has 1 amide bonds. The van der Waals surface area contributed by atoms with Crippen molar-refractivity contribution in [2.45, 2.75) is 19.8 Å². The van der Waals surface area contributed by atoms with Gasteiger partial charge in [-0.2, -0.15) is 0 Å². The van der Waals surface area contributed by atoms with Crippen LogP contribution >= 0.6 is 0 Å². The molecule has 7 heteroatoms. The van der Waals surface area contributed by atoms with Crippen molar-refractivity contribution in [3.05, 3.63) is 0 Å². The second-order valence-corrected chi connectivity index (χ2v) is 5.32. The molecule has 0 saturated heterocycles. The molecule has 0 unspecified atom stereocenters. The Morgan fingerprint density at radius 1 is 1.25 bits per heavy atom. The lowest BCUT2D eigenvalue weighted by Gasteiger charge is -2.06. The predicted molar refractivity (Wildman–Crippen MR) is 61.6 cm³/mol. The van der Waals surface area contributed by atoms with Gasteiger partial charge in [0.2, 0.25) is 15.9 Å². The summed E-state index contributed by atoms with van der Waals surface area (Å²) in [6, 6.07) is 0. The van der Waals surface area contributed by atoms with E-state index in [1.807, 2.05) is 0 Å². The molecule has 0 radical (unpaired) electrons. The standard InChI is InChI=1S/C9H20N2O4S/c1-9(12)10-5-3-4-6-11-16(13,14)8-7-15-2/h11H,3-8H2,1-2H3,(H,10,12). The molecule has 0 spiro atoms. The first kappa shape index (κ1) is 15.3. The molecule has 0 aromatic rings. The summed E-state index contributed by atoms with van der Waals surface area (Å²) in [5, 5.41) is 2.64. The third-order valence-corrected chi connectivity index (χ3v) is 3.20. The van der Waals surface area contributed by atoms with Gasteiger partial charge in [0, 0.05) is 27.1 Å². The Morgan fingerprint density at radius 3 is 2.44 bits per heavy atom. The van der Waals surface area contributed by atoms with Gasteiger partial charge in [0.15, 0.2) is 0 Å². The highest BCUT2D eigenvalue weighted by Crippen LogP contribution is 1.89. The maximum atomic E-state index is 11.3. The van der Waals surface area contributed by atoms with E-state index in [-0.39, 0.29) is 18.3 Å². The first-order valence-corrected chi connectivity index (χ1v) is 6.84. The predicted octanol–water partition coefficient (Wildman–Crippen LogP) is -0.531. The zero-order valence-corrected chi connectivity index (χ0v) is 10.6. The van der Waals surface area contributed by atoms with Gasteiger partial charge in [-0.15, -0.1) is 0 Å². The number of hydrogen-bond acceptors (Lipinski definition) is 4. The Morgan fingerprint density at radius 2 is 1.88 bits per heavy atom. The number of methoxy groups -OCH3 is 1. The molecule has 2 N–H and O–H groups in total. The molecule has 0 heterocycles. The smallest absolute Gasteiger partial charge is 0.216 e. The largest absolute Gasteiger partial charge is 0.384 e. The molecular formula is C9H20N2O4S. The molecule has 0 fully saturated rings. The minimum atomic E-state index is -3.21. The van der Waals surface area contributed by atoms with E-state index in [9.17, 15) is 13.2 Å². The van der Waals surface area contributed by atoms with E-state index in [0.29, 0.717) is 19.5 Å². The summed E-state index contributed by atoms with van der Waals surface area (Å²) < 4.78 is 29.7. The van der Waals surface area contributed by atoms with Crippen LogP contribution in [0.1, 0.15) is 19.8 Å². The molecule has 6 nitrogen and oxygen atoms in total. The van der Waals surface area contributed by atoms with Crippen molar-refractivity contribution >= 4 is 15.9 Å². The molecule has 0 aliphatic heterocycles. The van der Waals surface area contributed by atoms with E-state index in [0.717, 1.165) is 6.42 Å². The van der Waals surface area contributed by atoms with E-state index in [2.05, 4.69) is 14.8 Å². The van der Waals surface area contributed by atoms with Crippen molar-refractivity contribution in [1.29, 1.82) is 0 Å².